The number of carbonyl (C=O) groups is 2. The van der Waals surface area contributed by atoms with Crippen LogP contribution in [-0.2, 0) is 4.79 Å². The number of aliphatic hydroxyl groups is 2. The maximum atomic E-state index is 12.4. The van der Waals surface area contributed by atoms with Crippen molar-refractivity contribution in [3.8, 4) is 0 Å². The largest absolute Gasteiger partial charge is 0.480 e. The third-order valence-electron chi connectivity index (χ3n) is 4.14. The summed E-state index contributed by atoms with van der Waals surface area (Å²) in [6.07, 6.45) is 1.09. The van der Waals surface area contributed by atoms with Gasteiger partial charge >= 0.3 is 12.0 Å². The van der Waals surface area contributed by atoms with Gasteiger partial charge in [0.25, 0.3) is 0 Å². The number of hydrogen-bond acceptors (Lipinski definition) is 4. The van der Waals surface area contributed by atoms with Crippen molar-refractivity contribution in [2.75, 3.05) is 19.6 Å². The Morgan fingerprint density at radius 2 is 1.95 bits per heavy atom. The van der Waals surface area contributed by atoms with E-state index >= 15 is 0 Å². The number of β-amino-alcohol motifs (C(OH)–C–C–N with tert-alkyl or cyclic N) is 1. The van der Waals surface area contributed by atoms with Crippen LogP contribution in [0.25, 0.3) is 0 Å². The second-order valence-corrected chi connectivity index (χ2v) is 6.02. The van der Waals surface area contributed by atoms with Crippen LogP contribution >= 0.6 is 0 Å². The predicted octanol–water partition coefficient (Wildman–Crippen LogP) is -0.137. The third-order valence-corrected chi connectivity index (χ3v) is 4.14. The van der Waals surface area contributed by atoms with E-state index in [9.17, 15) is 19.8 Å². The van der Waals surface area contributed by atoms with Crippen LogP contribution in [-0.4, -0.2) is 74.5 Å². The van der Waals surface area contributed by atoms with Gasteiger partial charge in [-0.1, -0.05) is 0 Å². The summed E-state index contributed by atoms with van der Waals surface area (Å²) in [4.78, 5) is 26.4. The Kier molecular flexibility index (Phi) is 4.19. The first kappa shape index (κ1) is 15.1. The van der Waals surface area contributed by atoms with Crippen molar-refractivity contribution < 1.29 is 24.9 Å². The average molecular weight is 286 g/mol. The minimum absolute atomic E-state index is 0.0582. The molecule has 2 aliphatic rings. The lowest BCUT2D eigenvalue weighted by Gasteiger charge is -2.29. The van der Waals surface area contributed by atoms with Crippen molar-refractivity contribution >= 4 is 12.0 Å². The minimum Gasteiger partial charge on any atom is -0.480 e. The lowest BCUT2D eigenvalue weighted by Crippen LogP contribution is -2.48. The molecule has 20 heavy (non-hydrogen) atoms. The van der Waals surface area contributed by atoms with Gasteiger partial charge in [-0.05, 0) is 26.2 Å². The molecule has 1 unspecified atom stereocenters. The number of carboxylic acid groups (broad SMARTS) is 1. The summed E-state index contributed by atoms with van der Waals surface area (Å²) in [6, 6.07) is -1.31. The monoisotopic (exact) mass is 286 g/mol. The molecule has 2 amide bonds. The molecule has 2 heterocycles. The molecule has 0 spiro atoms. The van der Waals surface area contributed by atoms with Crippen molar-refractivity contribution in [2.24, 2.45) is 0 Å². The molecular weight excluding hydrogens is 264 g/mol. The Bertz CT molecular complexity index is 398. The van der Waals surface area contributed by atoms with E-state index in [0.717, 1.165) is 0 Å². The molecule has 3 atom stereocenters. The summed E-state index contributed by atoms with van der Waals surface area (Å²) >= 11 is 0. The van der Waals surface area contributed by atoms with Gasteiger partial charge < -0.3 is 25.1 Å². The zero-order chi connectivity index (χ0) is 14.9. The molecular formula is C13H22N2O5. The first-order chi connectivity index (χ1) is 9.30. The van der Waals surface area contributed by atoms with E-state index in [4.69, 9.17) is 5.11 Å². The lowest BCUT2D eigenvalue weighted by atomic mass is 9.98. The van der Waals surface area contributed by atoms with Crippen LogP contribution in [0.4, 0.5) is 4.79 Å². The topological polar surface area (TPSA) is 101 Å². The number of carboxylic acids is 1. The van der Waals surface area contributed by atoms with Crippen LogP contribution in [0, 0.1) is 0 Å². The van der Waals surface area contributed by atoms with E-state index in [-0.39, 0.29) is 19.0 Å². The smallest absolute Gasteiger partial charge is 0.326 e. The van der Waals surface area contributed by atoms with E-state index in [1.165, 1.54) is 4.90 Å². The summed E-state index contributed by atoms with van der Waals surface area (Å²) in [5.41, 5.74) is -0.772. The molecule has 0 saturated carbocycles. The van der Waals surface area contributed by atoms with E-state index < -0.39 is 23.7 Å². The van der Waals surface area contributed by atoms with Gasteiger partial charge in [-0.2, -0.15) is 0 Å². The number of likely N-dealkylation sites (tertiary alicyclic amines) is 2. The van der Waals surface area contributed by atoms with Gasteiger partial charge in [-0.3, -0.25) is 0 Å². The van der Waals surface area contributed by atoms with Gasteiger partial charge in [0.2, 0.25) is 0 Å². The van der Waals surface area contributed by atoms with E-state index in [0.29, 0.717) is 32.4 Å². The summed E-state index contributed by atoms with van der Waals surface area (Å²) in [5.74, 6) is -1.09. The Hall–Kier alpha value is -1.34. The summed E-state index contributed by atoms with van der Waals surface area (Å²) in [7, 11) is 0. The normalized spacial score (nSPS) is 35.0. The number of urea groups is 1. The maximum Gasteiger partial charge on any atom is 0.326 e. The Morgan fingerprint density at radius 1 is 1.25 bits per heavy atom. The number of aliphatic hydroxyl groups excluding tert-OH is 1. The van der Waals surface area contributed by atoms with Gasteiger partial charge in [-0.15, -0.1) is 0 Å². The highest BCUT2D eigenvalue weighted by molar-refractivity contribution is 5.83. The van der Waals surface area contributed by atoms with Crippen LogP contribution in [0.15, 0.2) is 0 Å². The molecule has 0 aliphatic carbocycles. The van der Waals surface area contributed by atoms with Crippen molar-refractivity contribution in [3.05, 3.63) is 0 Å². The maximum absolute atomic E-state index is 12.4. The summed E-state index contributed by atoms with van der Waals surface area (Å²) < 4.78 is 0. The Morgan fingerprint density at radius 3 is 2.60 bits per heavy atom. The molecule has 7 nitrogen and oxygen atoms in total. The van der Waals surface area contributed by atoms with Gasteiger partial charge in [0.1, 0.15) is 6.04 Å². The Balaban J connectivity index is 2.05. The van der Waals surface area contributed by atoms with Gasteiger partial charge in [0.15, 0.2) is 0 Å². The van der Waals surface area contributed by atoms with E-state index in [1.807, 2.05) is 0 Å². The van der Waals surface area contributed by atoms with Crippen molar-refractivity contribution in [2.45, 2.75) is 50.4 Å². The number of nitrogens with zero attached hydrogens (tertiary/aromatic N) is 2. The first-order valence-corrected chi connectivity index (χ1v) is 6.99. The van der Waals surface area contributed by atoms with Crippen LogP contribution in [0.2, 0.25) is 0 Å². The molecule has 2 fully saturated rings. The zero-order valence-corrected chi connectivity index (χ0v) is 11.7. The summed E-state index contributed by atoms with van der Waals surface area (Å²) in [6.45, 7) is 2.72. The summed E-state index contributed by atoms with van der Waals surface area (Å²) in [5, 5.41) is 28.7. The number of aliphatic carboxylic acids is 1. The standard InChI is InChI=1S/C13H22N2O5/c1-13(20)3-2-5-14(6-4-13)12(19)15-8-9(16)7-10(15)11(17)18/h9-10,16,20H,2-8H2,1H3,(H,17,18)/t9-,10-,13?/m1/s1. The van der Waals surface area contributed by atoms with E-state index in [2.05, 4.69) is 0 Å². The molecule has 0 bridgehead atoms. The molecule has 3 N–H and O–H groups in total. The predicted molar refractivity (Wildman–Crippen MR) is 70.2 cm³/mol. The average Bonchev–Trinajstić information content (AvgIpc) is 2.65. The van der Waals surface area contributed by atoms with Crippen molar-refractivity contribution in [3.63, 3.8) is 0 Å². The molecule has 2 saturated heterocycles. The van der Waals surface area contributed by atoms with Crippen LogP contribution in [0.3, 0.4) is 0 Å². The fraction of sp³-hybridized carbons (Fsp3) is 0.846. The Labute approximate surface area is 117 Å². The van der Waals surface area contributed by atoms with E-state index in [1.54, 1.807) is 11.8 Å². The molecule has 2 rings (SSSR count). The second-order valence-electron chi connectivity index (χ2n) is 6.02. The fourth-order valence-electron chi connectivity index (χ4n) is 2.90. The fourth-order valence-corrected chi connectivity index (χ4v) is 2.90. The van der Waals surface area contributed by atoms with Crippen LogP contribution in [0.1, 0.15) is 32.6 Å². The number of amides is 2. The highest BCUT2D eigenvalue weighted by Crippen LogP contribution is 2.25. The molecule has 0 aromatic rings. The van der Waals surface area contributed by atoms with Crippen molar-refractivity contribution in [1.82, 2.24) is 9.80 Å². The third kappa shape index (κ3) is 3.21. The SMILES string of the molecule is CC1(O)CCCN(C(=O)N2C[C@H](O)C[C@@H]2C(=O)O)CC1. The quantitative estimate of drug-likeness (QED) is 0.623. The molecule has 2 aliphatic heterocycles. The lowest BCUT2D eigenvalue weighted by molar-refractivity contribution is -0.141. The second kappa shape index (κ2) is 5.57. The zero-order valence-electron chi connectivity index (χ0n) is 11.7. The van der Waals surface area contributed by atoms with Crippen LogP contribution in [0.5, 0.6) is 0 Å². The van der Waals surface area contributed by atoms with Gasteiger partial charge in [0.05, 0.1) is 11.7 Å². The van der Waals surface area contributed by atoms with Gasteiger partial charge in [0, 0.05) is 26.1 Å². The molecule has 7 heteroatoms. The molecule has 0 aromatic heterocycles. The molecule has 0 aromatic carbocycles. The minimum atomic E-state index is -1.09. The van der Waals surface area contributed by atoms with Crippen molar-refractivity contribution in [1.29, 1.82) is 0 Å². The number of carbonyl (C=O) groups excluding carboxylic acids is 1. The highest BCUT2D eigenvalue weighted by Gasteiger charge is 2.41. The van der Waals surface area contributed by atoms with Gasteiger partial charge in [-0.25, -0.2) is 9.59 Å². The highest BCUT2D eigenvalue weighted by atomic mass is 16.4. The number of rotatable bonds is 1. The number of hydrogen-bond donors (Lipinski definition) is 3. The van der Waals surface area contributed by atoms with Crippen LogP contribution < -0.4 is 0 Å². The molecule has 0 radical (unpaired) electrons. The molecule has 114 valence electrons. The first-order valence-electron chi connectivity index (χ1n) is 6.99.